The van der Waals surface area contributed by atoms with Gasteiger partial charge in [-0.25, -0.2) is 0 Å². The lowest BCUT2D eigenvalue weighted by atomic mass is 10.2. The maximum atomic E-state index is 5.33. The van der Waals surface area contributed by atoms with Crippen molar-refractivity contribution in [2.24, 2.45) is 0 Å². The first kappa shape index (κ1) is 10.3. The van der Waals surface area contributed by atoms with Gasteiger partial charge < -0.3 is 10.1 Å². The summed E-state index contributed by atoms with van der Waals surface area (Å²) in [7, 11) is 1.82. The SMILES string of the molecule is COC1CC2CNCCN2C1.Cl. The van der Waals surface area contributed by atoms with Crippen LogP contribution >= 0.6 is 12.4 Å². The summed E-state index contributed by atoms with van der Waals surface area (Å²) < 4.78 is 5.33. The Bertz CT molecular complexity index is 131. The van der Waals surface area contributed by atoms with Crippen LogP contribution < -0.4 is 5.32 Å². The van der Waals surface area contributed by atoms with E-state index in [1.807, 2.05) is 7.11 Å². The lowest BCUT2D eigenvalue weighted by Crippen LogP contribution is -2.47. The number of fused-ring (bicyclic) bond motifs is 1. The Morgan fingerprint density at radius 3 is 3.00 bits per heavy atom. The molecule has 0 aromatic carbocycles. The third-order valence-corrected chi connectivity index (χ3v) is 2.78. The predicted octanol–water partition coefficient (Wildman–Crippen LogP) is 0.101. The van der Waals surface area contributed by atoms with Gasteiger partial charge in [-0.3, -0.25) is 4.90 Å². The third-order valence-electron chi connectivity index (χ3n) is 2.78. The molecule has 1 N–H and O–H groups in total. The van der Waals surface area contributed by atoms with Crippen LogP contribution in [0.4, 0.5) is 0 Å². The molecule has 3 nitrogen and oxygen atoms in total. The second-order valence-corrected chi connectivity index (χ2v) is 3.45. The number of hydrogen-bond acceptors (Lipinski definition) is 3. The highest BCUT2D eigenvalue weighted by atomic mass is 35.5. The van der Waals surface area contributed by atoms with Gasteiger partial charge in [0.05, 0.1) is 6.10 Å². The van der Waals surface area contributed by atoms with Gasteiger partial charge in [0.25, 0.3) is 0 Å². The molecule has 2 unspecified atom stereocenters. The maximum Gasteiger partial charge on any atom is 0.0713 e. The molecule has 72 valence electrons. The molecule has 12 heavy (non-hydrogen) atoms. The lowest BCUT2D eigenvalue weighted by Gasteiger charge is -2.29. The molecule has 0 aromatic rings. The highest BCUT2D eigenvalue weighted by Gasteiger charge is 2.33. The first-order valence-corrected chi connectivity index (χ1v) is 4.37. The molecule has 2 saturated heterocycles. The van der Waals surface area contributed by atoms with Crippen molar-refractivity contribution in [1.29, 1.82) is 0 Å². The van der Waals surface area contributed by atoms with Gasteiger partial charge in [0.1, 0.15) is 0 Å². The van der Waals surface area contributed by atoms with Crippen LogP contribution in [0.15, 0.2) is 0 Å². The van der Waals surface area contributed by atoms with E-state index in [-0.39, 0.29) is 12.4 Å². The fraction of sp³-hybridized carbons (Fsp3) is 1.00. The Balaban J connectivity index is 0.000000720. The normalized spacial score (nSPS) is 35.8. The Morgan fingerprint density at radius 2 is 2.33 bits per heavy atom. The first-order valence-electron chi connectivity index (χ1n) is 4.37. The summed E-state index contributed by atoms with van der Waals surface area (Å²) in [5.41, 5.74) is 0. The number of piperazine rings is 1. The molecule has 2 aliphatic rings. The molecule has 2 atom stereocenters. The number of hydrogen-bond donors (Lipinski definition) is 1. The summed E-state index contributed by atoms with van der Waals surface area (Å²) in [6.45, 7) is 4.64. The zero-order valence-corrected chi connectivity index (χ0v) is 8.27. The van der Waals surface area contributed by atoms with E-state index < -0.39 is 0 Å². The minimum Gasteiger partial charge on any atom is -0.380 e. The van der Waals surface area contributed by atoms with Gasteiger partial charge in [0.2, 0.25) is 0 Å². The molecule has 0 amide bonds. The molecule has 2 rings (SSSR count). The van der Waals surface area contributed by atoms with Gasteiger partial charge in [0.15, 0.2) is 0 Å². The van der Waals surface area contributed by atoms with E-state index in [0.29, 0.717) is 6.10 Å². The summed E-state index contributed by atoms with van der Waals surface area (Å²) in [5, 5.41) is 3.40. The summed E-state index contributed by atoms with van der Waals surface area (Å²) in [6.07, 6.45) is 1.70. The summed E-state index contributed by atoms with van der Waals surface area (Å²) in [5.74, 6) is 0. The van der Waals surface area contributed by atoms with Crippen LogP contribution in [0.3, 0.4) is 0 Å². The number of ether oxygens (including phenoxy) is 1. The fourth-order valence-corrected chi connectivity index (χ4v) is 2.09. The van der Waals surface area contributed by atoms with E-state index in [4.69, 9.17) is 4.74 Å². The Hall–Kier alpha value is 0.170. The molecule has 0 bridgehead atoms. The minimum atomic E-state index is 0. The number of nitrogens with zero attached hydrogens (tertiary/aromatic N) is 1. The zero-order chi connectivity index (χ0) is 7.68. The molecular weight excluding hydrogens is 176 g/mol. The topological polar surface area (TPSA) is 24.5 Å². The second-order valence-electron chi connectivity index (χ2n) is 3.45. The van der Waals surface area contributed by atoms with E-state index in [2.05, 4.69) is 10.2 Å². The third kappa shape index (κ3) is 1.91. The van der Waals surface area contributed by atoms with Gasteiger partial charge in [-0.1, -0.05) is 0 Å². The van der Waals surface area contributed by atoms with Crippen LogP contribution in [-0.4, -0.2) is 50.3 Å². The molecular formula is C8H17ClN2O. The number of nitrogens with one attached hydrogen (secondary N) is 1. The predicted molar refractivity (Wildman–Crippen MR) is 50.9 cm³/mol. The fourth-order valence-electron chi connectivity index (χ4n) is 2.09. The largest absolute Gasteiger partial charge is 0.380 e. The zero-order valence-electron chi connectivity index (χ0n) is 7.45. The van der Waals surface area contributed by atoms with E-state index in [1.165, 1.54) is 13.0 Å². The second kappa shape index (κ2) is 4.42. The number of methoxy groups -OCH3 is 1. The van der Waals surface area contributed by atoms with Crippen molar-refractivity contribution in [2.75, 3.05) is 33.3 Å². The van der Waals surface area contributed by atoms with Gasteiger partial charge in [-0.2, -0.15) is 0 Å². The quantitative estimate of drug-likeness (QED) is 0.638. The highest BCUT2D eigenvalue weighted by Crippen LogP contribution is 2.20. The Kier molecular flexibility index (Phi) is 3.77. The van der Waals surface area contributed by atoms with Gasteiger partial charge in [-0.05, 0) is 6.42 Å². The van der Waals surface area contributed by atoms with Gasteiger partial charge in [-0.15, -0.1) is 12.4 Å². The van der Waals surface area contributed by atoms with E-state index in [0.717, 1.165) is 25.7 Å². The standard InChI is InChI=1S/C8H16N2O.ClH/c1-11-8-4-7-5-9-2-3-10(7)6-8;/h7-9H,2-6H2,1H3;1H. The number of halogens is 1. The average molecular weight is 193 g/mol. The Morgan fingerprint density at radius 1 is 1.50 bits per heavy atom. The summed E-state index contributed by atoms with van der Waals surface area (Å²) in [6, 6.07) is 0.744. The first-order chi connectivity index (χ1) is 5.40. The monoisotopic (exact) mass is 192 g/mol. The minimum absolute atomic E-state index is 0. The van der Waals surface area contributed by atoms with Crippen molar-refractivity contribution in [1.82, 2.24) is 10.2 Å². The smallest absolute Gasteiger partial charge is 0.0713 e. The van der Waals surface area contributed by atoms with Crippen LogP contribution in [-0.2, 0) is 4.74 Å². The molecule has 0 spiro atoms. The molecule has 0 radical (unpaired) electrons. The van der Waals surface area contributed by atoms with Crippen molar-refractivity contribution in [3.05, 3.63) is 0 Å². The van der Waals surface area contributed by atoms with E-state index in [9.17, 15) is 0 Å². The van der Waals surface area contributed by atoms with Crippen LogP contribution in [0.1, 0.15) is 6.42 Å². The van der Waals surface area contributed by atoms with Crippen molar-refractivity contribution >= 4 is 12.4 Å². The van der Waals surface area contributed by atoms with Crippen LogP contribution in [0.25, 0.3) is 0 Å². The molecule has 0 saturated carbocycles. The van der Waals surface area contributed by atoms with Crippen molar-refractivity contribution in [2.45, 2.75) is 18.6 Å². The molecule has 2 aliphatic heterocycles. The molecule has 2 fully saturated rings. The molecule has 0 aromatic heterocycles. The lowest BCUT2D eigenvalue weighted by molar-refractivity contribution is 0.108. The van der Waals surface area contributed by atoms with E-state index in [1.54, 1.807) is 0 Å². The Labute approximate surface area is 79.9 Å². The van der Waals surface area contributed by atoms with Gasteiger partial charge >= 0.3 is 0 Å². The summed E-state index contributed by atoms with van der Waals surface area (Å²) in [4.78, 5) is 2.53. The van der Waals surface area contributed by atoms with Crippen LogP contribution in [0.5, 0.6) is 0 Å². The van der Waals surface area contributed by atoms with Crippen LogP contribution in [0, 0.1) is 0 Å². The molecule has 0 aliphatic carbocycles. The van der Waals surface area contributed by atoms with Crippen molar-refractivity contribution in [3.8, 4) is 0 Å². The van der Waals surface area contributed by atoms with Crippen molar-refractivity contribution < 1.29 is 4.74 Å². The molecule has 4 heteroatoms. The van der Waals surface area contributed by atoms with E-state index >= 15 is 0 Å². The average Bonchev–Trinajstić information content (AvgIpc) is 2.46. The van der Waals surface area contributed by atoms with Crippen LogP contribution in [0.2, 0.25) is 0 Å². The molecule has 2 heterocycles. The summed E-state index contributed by atoms with van der Waals surface area (Å²) >= 11 is 0. The number of rotatable bonds is 1. The highest BCUT2D eigenvalue weighted by molar-refractivity contribution is 5.85. The van der Waals surface area contributed by atoms with Crippen molar-refractivity contribution in [3.63, 3.8) is 0 Å². The van der Waals surface area contributed by atoms with Gasteiger partial charge in [0, 0.05) is 39.3 Å². The maximum absolute atomic E-state index is 5.33.